The number of allylic oxidation sites excluding steroid dienone is 2. The number of aliphatic hydroxyl groups excluding tert-OH is 1. The third kappa shape index (κ3) is 3.34. The van der Waals surface area contributed by atoms with Crippen LogP contribution in [0.5, 0.6) is 11.5 Å². The molecule has 1 aromatic rings. The highest BCUT2D eigenvalue weighted by Crippen LogP contribution is 2.66. The molecule has 172 valence electrons. The molecule has 0 heterocycles. The zero-order chi connectivity index (χ0) is 22.7. The van der Waals surface area contributed by atoms with Gasteiger partial charge in [-0.25, -0.2) is 0 Å². The molecule has 32 heavy (non-hydrogen) atoms. The first-order valence-electron chi connectivity index (χ1n) is 12.3. The van der Waals surface area contributed by atoms with Gasteiger partial charge >= 0.3 is 0 Å². The summed E-state index contributed by atoms with van der Waals surface area (Å²) in [6, 6.07) is 4.64. The van der Waals surface area contributed by atoms with Crippen molar-refractivity contribution >= 4 is 11.9 Å². The number of hydrogen-bond acceptors (Lipinski definition) is 4. The number of aromatic hydroxyl groups is 2. The molecular formula is C28H36O4. The van der Waals surface area contributed by atoms with Crippen LogP contribution in [-0.2, 0) is 4.79 Å². The Morgan fingerprint density at radius 3 is 2.62 bits per heavy atom. The van der Waals surface area contributed by atoms with Gasteiger partial charge < -0.3 is 15.3 Å². The van der Waals surface area contributed by atoms with E-state index < -0.39 is 0 Å². The van der Waals surface area contributed by atoms with Gasteiger partial charge in [-0.2, -0.15) is 0 Å². The molecule has 4 aliphatic carbocycles. The molecule has 0 saturated heterocycles. The van der Waals surface area contributed by atoms with Crippen molar-refractivity contribution in [1.29, 1.82) is 0 Å². The van der Waals surface area contributed by atoms with E-state index in [1.807, 2.05) is 0 Å². The molecule has 0 spiro atoms. The molecule has 7 atom stereocenters. The normalized spacial score (nSPS) is 41.0. The van der Waals surface area contributed by atoms with Crippen LogP contribution in [-0.4, -0.2) is 27.2 Å². The van der Waals surface area contributed by atoms with Crippen LogP contribution in [0.2, 0.25) is 0 Å². The van der Waals surface area contributed by atoms with Crippen LogP contribution in [0.25, 0.3) is 6.08 Å². The predicted molar refractivity (Wildman–Crippen MR) is 125 cm³/mol. The number of benzene rings is 1. The first-order chi connectivity index (χ1) is 15.2. The lowest BCUT2D eigenvalue weighted by molar-refractivity contribution is -0.124. The van der Waals surface area contributed by atoms with Crippen LogP contribution in [0.1, 0.15) is 70.8 Å². The molecule has 0 aliphatic heterocycles. The Morgan fingerprint density at radius 1 is 1.03 bits per heavy atom. The summed E-state index contributed by atoms with van der Waals surface area (Å²) in [5.74, 6) is 1.84. The van der Waals surface area contributed by atoms with Crippen LogP contribution < -0.4 is 0 Å². The molecule has 5 rings (SSSR count). The first kappa shape index (κ1) is 21.8. The van der Waals surface area contributed by atoms with Crippen molar-refractivity contribution in [3.8, 4) is 11.5 Å². The molecule has 4 nitrogen and oxygen atoms in total. The molecule has 3 saturated carbocycles. The minimum Gasteiger partial charge on any atom is -0.504 e. The van der Waals surface area contributed by atoms with Crippen molar-refractivity contribution in [1.82, 2.24) is 0 Å². The topological polar surface area (TPSA) is 77.8 Å². The van der Waals surface area contributed by atoms with Gasteiger partial charge in [0.15, 0.2) is 17.3 Å². The summed E-state index contributed by atoms with van der Waals surface area (Å²) in [7, 11) is 0. The lowest BCUT2D eigenvalue weighted by Crippen LogP contribution is -2.50. The number of carbonyl (C=O) groups is 1. The fourth-order valence-electron chi connectivity index (χ4n) is 8.05. The van der Waals surface area contributed by atoms with E-state index in [1.165, 1.54) is 24.1 Å². The molecule has 3 N–H and O–H groups in total. The Kier molecular flexibility index (Phi) is 5.28. The SMILES string of the molecule is CC12CCC(O)CC1=CCC1C2CCC2(C)C(C(=O)/C=C/c3ccc(O)c(O)c3)CCC12. The fourth-order valence-corrected chi connectivity index (χ4v) is 8.05. The van der Waals surface area contributed by atoms with Crippen molar-refractivity contribution in [3.63, 3.8) is 0 Å². The van der Waals surface area contributed by atoms with E-state index in [1.54, 1.807) is 18.2 Å². The molecule has 1 aromatic carbocycles. The molecule has 0 amide bonds. The molecule has 4 aliphatic rings. The van der Waals surface area contributed by atoms with E-state index in [-0.39, 0.29) is 40.1 Å². The van der Waals surface area contributed by atoms with Crippen molar-refractivity contribution < 1.29 is 20.1 Å². The highest BCUT2D eigenvalue weighted by molar-refractivity contribution is 5.96. The van der Waals surface area contributed by atoms with E-state index in [4.69, 9.17) is 0 Å². The number of phenols is 2. The average molecular weight is 437 g/mol. The second kappa shape index (κ2) is 7.76. The summed E-state index contributed by atoms with van der Waals surface area (Å²) in [5.41, 5.74) is 2.49. The maximum atomic E-state index is 13.3. The van der Waals surface area contributed by atoms with Crippen molar-refractivity contribution in [2.45, 2.75) is 71.3 Å². The van der Waals surface area contributed by atoms with Crippen molar-refractivity contribution in [3.05, 3.63) is 41.5 Å². The summed E-state index contributed by atoms with van der Waals surface area (Å²) >= 11 is 0. The Labute approximate surface area is 191 Å². The molecule has 7 unspecified atom stereocenters. The summed E-state index contributed by atoms with van der Waals surface area (Å²) in [6.07, 6.45) is 14.0. The third-order valence-electron chi connectivity index (χ3n) is 9.86. The zero-order valence-corrected chi connectivity index (χ0v) is 19.3. The van der Waals surface area contributed by atoms with Crippen LogP contribution >= 0.6 is 0 Å². The quantitative estimate of drug-likeness (QED) is 0.326. The third-order valence-corrected chi connectivity index (χ3v) is 9.86. The van der Waals surface area contributed by atoms with Gasteiger partial charge in [0.25, 0.3) is 0 Å². The van der Waals surface area contributed by atoms with E-state index in [0.29, 0.717) is 17.8 Å². The van der Waals surface area contributed by atoms with Crippen LogP contribution in [0.3, 0.4) is 0 Å². The van der Waals surface area contributed by atoms with Gasteiger partial charge in [0.1, 0.15) is 0 Å². The van der Waals surface area contributed by atoms with Crippen molar-refractivity contribution in [2.24, 2.45) is 34.5 Å². The minimum atomic E-state index is -0.171. The predicted octanol–water partition coefficient (Wildman–Crippen LogP) is 5.62. The summed E-state index contributed by atoms with van der Waals surface area (Å²) in [6.45, 7) is 4.80. The Bertz CT molecular complexity index is 978. The Morgan fingerprint density at radius 2 is 1.84 bits per heavy atom. The summed E-state index contributed by atoms with van der Waals surface area (Å²) in [4.78, 5) is 13.3. The van der Waals surface area contributed by atoms with Crippen LogP contribution in [0.4, 0.5) is 0 Å². The minimum absolute atomic E-state index is 0.0512. The monoisotopic (exact) mass is 436 g/mol. The number of hydrogen-bond donors (Lipinski definition) is 3. The number of rotatable bonds is 3. The van der Waals surface area contributed by atoms with E-state index in [2.05, 4.69) is 19.9 Å². The highest BCUT2D eigenvalue weighted by atomic mass is 16.3. The standard InChI is InChI=1S/C28H36O4/c1-27-13-11-19(29)16-18(27)5-6-20-21-7-8-23(28(21,2)14-12-22(20)27)24(30)9-3-17-4-10-25(31)26(32)15-17/h3-5,9-10,15,19-23,29,31-32H,6-8,11-14,16H2,1-2H3/b9-3+. The van der Waals surface area contributed by atoms with Crippen LogP contribution in [0.15, 0.2) is 35.9 Å². The number of carbonyl (C=O) groups excluding carboxylic acids is 1. The number of fused-ring (bicyclic) bond motifs is 5. The smallest absolute Gasteiger partial charge is 0.159 e. The number of ketones is 1. The molecule has 0 bridgehead atoms. The lowest BCUT2D eigenvalue weighted by atomic mass is 9.47. The number of aliphatic hydroxyl groups is 1. The highest BCUT2D eigenvalue weighted by Gasteiger charge is 2.59. The fraction of sp³-hybridized carbons (Fsp3) is 0.607. The van der Waals surface area contributed by atoms with Gasteiger partial charge in [-0.15, -0.1) is 0 Å². The zero-order valence-electron chi connectivity index (χ0n) is 19.3. The number of phenolic OH excluding ortho intramolecular Hbond substituents is 2. The molecular weight excluding hydrogens is 400 g/mol. The van der Waals surface area contributed by atoms with Crippen LogP contribution in [0, 0.1) is 34.5 Å². The maximum Gasteiger partial charge on any atom is 0.159 e. The Balaban J connectivity index is 1.35. The molecule has 0 aromatic heterocycles. The first-order valence-corrected chi connectivity index (χ1v) is 12.3. The largest absolute Gasteiger partial charge is 0.504 e. The maximum absolute atomic E-state index is 13.3. The van der Waals surface area contributed by atoms with Gasteiger partial charge in [0.2, 0.25) is 0 Å². The van der Waals surface area contributed by atoms with Crippen molar-refractivity contribution in [2.75, 3.05) is 0 Å². The lowest BCUT2D eigenvalue weighted by Gasteiger charge is -2.57. The molecule has 4 heteroatoms. The molecule has 0 radical (unpaired) electrons. The van der Waals surface area contributed by atoms with Gasteiger partial charge in [-0.05, 0) is 104 Å². The second-order valence-corrected chi connectivity index (χ2v) is 11.3. The van der Waals surface area contributed by atoms with Gasteiger partial charge in [0.05, 0.1) is 6.10 Å². The van der Waals surface area contributed by atoms with E-state index in [9.17, 15) is 20.1 Å². The second-order valence-electron chi connectivity index (χ2n) is 11.3. The average Bonchev–Trinajstić information content (AvgIpc) is 3.12. The van der Waals surface area contributed by atoms with E-state index in [0.717, 1.165) is 50.5 Å². The summed E-state index contributed by atoms with van der Waals surface area (Å²) in [5, 5.41) is 29.4. The van der Waals surface area contributed by atoms with E-state index >= 15 is 0 Å². The summed E-state index contributed by atoms with van der Waals surface area (Å²) < 4.78 is 0. The van der Waals surface area contributed by atoms with Gasteiger partial charge in [-0.3, -0.25) is 4.79 Å². The van der Waals surface area contributed by atoms with Gasteiger partial charge in [-0.1, -0.05) is 37.6 Å². The van der Waals surface area contributed by atoms with Gasteiger partial charge in [0, 0.05) is 5.92 Å². The Hall–Kier alpha value is -2.07. The molecule has 3 fully saturated rings.